The highest BCUT2D eigenvalue weighted by molar-refractivity contribution is 5.86. The van der Waals surface area contributed by atoms with Crippen molar-refractivity contribution in [1.82, 2.24) is 15.1 Å². The molecule has 2 aliphatic heterocycles. The van der Waals surface area contributed by atoms with Gasteiger partial charge in [0, 0.05) is 52.0 Å². The largest absolute Gasteiger partial charge is 0.368 e. The predicted octanol–water partition coefficient (Wildman–Crippen LogP) is 2.18. The number of amides is 1. The van der Waals surface area contributed by atoms with Crippen molar-refractivity contribution in [2.45, 2.75) is 32.1 Å². The summed E-state index contributed by atoms with van der Waals surface area (Å²) in [7, 11) is 1.82. The third-order valence-corrected chi connectivity index (χ3v) is 6.77. The van der Waals surface area contributed by atoms with Crippen LogP contribution in [-0.4, -0.2) is 74.5 Å². The summed E-state index contributed by atoms with van der Waals surface area (Å²) in [6.07, 6.45) is 6.71. The average molecular weight is 384 g/mol. The van der Waals surface area contributed by atoms with Crippen LogP contribution in [0.1, 0.15) is 32.1 Å². The van der Waals surface area contributed by atoms with Gasteiger partial charge in [-0.25, -0.2) is 0 Å². The standard InChI is InChI=1S/C22H33N5O/c1-23-21(27-12-11-22(18-27)9-5-6-10-22)24-17-20(28)26-15-13-25(14-16-26)19-7-3-2-4-8-19/h2-4,7-8H,5-6,9-18H2,1H3,(H,23,24). The van der Waals surface area contributed by atoms with Crippen molar-refractivity contribution in [2.24, 2.45) is 10.4 Å². The van der Waals surface area contributed by atoms with Gasteiger partial charge in [0.25, 0.3) is 0 Å². The van der Waals surface area contributed by atoms with Gasteiger partial charge in [-0.05, 0) is 36.8 Å². The highest BCUT2D eigenvalue weighted by atomic mass is 16.2. The molecule has 1 aromatic carbocycles. The Balaban J connectivity index is 1.24. The molecule has 1 aromatic rings. The van der Waals surface area contributed by atoms with Gasteiger partial charge in [0.2, 0.25) is 5.91 Å². The Morgan fingerprint density at radius 2 is 1.71 bits per heavy atom. The summed E-state index contributed by atoms with van der Waals surface area (Å²) in [5.74, 6) is 1.06. The number of nitrogens with one attached hydrogen (secondary N) is 1. The quantitative estimate of drug-likeness (QED) is 0.642. The number of likely N-dealkylation sites (tertiary alicyclic amines) is 1. The van der Waals surface area contributed by atoms with Crippen LogP contribution < -0.4 is 10.2 Å². The fraction of sp³-hybridized carbons (Fsp3) is 0.636. The minimum Gasteiger partial charge on any atom is -0.368 e. The van der Waals surface area contributed by atoms with Gasteiger partial charge in [-0.2, -0.15) is 0 Å². The SMILES string of the molecule is CN=C(NCC(=O)N1CCN(c2ccccc2)CC1)N1CCC2(CCCC2)C1. The predicted molar refractivity (Wildman–Crippen MR) is 114 cm³/mol. The van der Waals surface area contributed by atoms with Crippen molar-refractivity contribution in [1.29, 1.82) is 0 Å². The number of anilines is 1. The smallest absolute Gasteiger partial charge is 0.242 e. The molecule has 1 aliphatic carbocycles. The second-order valence-electron chi connectivity index (χ2n) is 8.48. The van der Waals surface area contributed by atoms with E-state index in [1.54, 1.807) is 0 Å². The molecular formula is C22H33N5O. The van der Waals surface area contributed by atoms with Gasteiger partial charge >= 0.3 is 0 Å². The lowest BCUT2D eigenvalue weighted by Gasteiger charge is -2.36. The van der Waals surface area contributed by atoms with Crippen LogP contribution in [0, 0.1) is 5.41 Å². The number of piperazine rings is 1. The lowest BCUT2D eigenvalue weighted by atomic mass is 9.86. The molecular weight excluding hydrogens is 350 g/mol. The summed E-state index contributed by atoms with van der Waals surface area (Å²) in [5.41, 5.74) is 1.75. The number of carbonyl (C=O) groups excluding carboxylic acids is 1. The van der Waals surface area contributed by atoms with Crippen molar-refractivity contribution < 1.29 is 4.79 Å². The molecule has 3 fully saturated rings. The summed E-state index contributed by atoms with van der Waals surface area (Å²) >= 11 is 0. The van der Waals surface area contributed by atoms with Crippen LogP contribution >= 0.6 is 0 Å². The molecule has 6 nitrogen and oxygen atoms in total. The van der Waals surface area contributed by atoms with E-state index < -0.39 is 0 Å². The summed E-state index contributed by atoms with van der Waals surface area (Å²) < 4.78 is 0. The molecule has 1 saturated carbocycles. The Bertz CT molecular complexity index is 690. The minimum atomic E-state index is 0.170. The van der Waals surface area contributed by atoms with Crippen LogP contribution in [0.4, 0.5) is 5.69 Å². The molecule has 1 amide bonds. The maximum atomic E-state index is 12.7. The second-order valence-corrected chi connectivity index (χ2v) is 8.48. The van der Waals surface area contributed by atoms with Crippen molar-refractivity contribution in [2.75, 3.05) is 57.8 Å². The van der Waals surface area contributed by atoms with E-state index in [4.69, 9.17) is 0 Å². The fourth-order valence-electron chi connectivity index (χ4n) is 5.10. The van der Waals surface area contributed by atoms with Gasteiger partial charge in [0.15, 0.2) is 5.96 Å². The molecule has 6 heteroatoms. The van der Waals surface area contributed by atoms with Gasteiger partial charge in [0.05, 0.1) is 6.54 Å². The molecule has 0 aromatic heterocycles. The van der Waals surface area contributed by atoms with Crippen molar-refractivity contribution in [3.8, 4) is 0 Å². The highest BCUT2D eigenvalue weighted by Gasteiger charge is 2.41. The maximum absolute atomic E-state index is 12.7. The first kappa shape index (κ1) is 19.1. The molecule has 4 rings (SSSR count). The van der Waals surface area contributed by atoms with E-state index in [2.05, 4.69) is 44.4 Å². The van der Waals surface area contributed by atoms with Gasteiger partial charge in [0.1, 0.15) is 0 Å². The zero-order valence-electron chi connectivity index (χ0n) is 17.1. The van der Waals surface area contributed by atoms with Crippen LogP contribution in [0.2, 0.25) is 0 Å². The van der Waals surface area contributed by atoms with Gasteiger partial charge < -0.3 is 20.0 Å². The first-order valence-electron chi connectivity index (χ1n) is 10.7. The topological polar surface area (TPSA) is 51.2 Å². The highest BCUT2D eigenvalue weighted by Crippen LogP contribution is 2.45. The molecule has 2 heterocycles. The molecule has 3 aliphatic rings. The van der Waals surface area contributed by atoms with E-state index >= 15 is 0 Å². The Morgan fingerprint density at radius 1 is 1.00 bits per heavy atom. The number of guanidine groups is 1. The Kier molecular flexibility index (Phi) is 5.74. The number of aliphatic imine (C=N–C) groups is 1. The van der Waals surface area contributed by atoms with E-state index in [0.717, 1.165) is 45.2 Å². The van der Waals surface area contributed by atoms with E-state index in [9.17, 15) is 4.79 Å². The maximum Gasteiger partial charge on any atom is 0.242 e. The first-order valence-corrected chi connectivity index (χ1v) is 10.7. The average Bonchev–Trinajstić information content (AvgIpc) is 3.39. The molecule has 1 spiro atoms. The molecule has 0 radical (unpaired) electrons. The van der Waals surface area contributed by atoms with Crippen LogP contribution in [-0.2, 0) is 4.79 Å². The number of carbonyl (C=O) groups is 1. The Morgan fingerprint density at radius 3 is 2.39 bits per heavy atom. The summed E-state index contributed by atoms with van der Waals surface area (Å²) in [4.78, 5) is 23.8. The van der Waals surface area contributed by atoms with Crippen LogP contribution in [0.3, 0.4) is 0 Å². The van der Waals surface area contributed by atoms with Gasteiger partial charge in [-0.3, -0.25) is 9.79 Å². The molecule has 0 unspecified atom stereocenters. The van der Waals surface area contributed by atoms with Crippen molar-refractivity contribution >= 4 is 17.6 Å². The normalized spacial score (nSPS) is 22.2. The monoisotopic (exact) mass is 383 g/mol. The number of nitrogens with zero attached hydrogens (tertiary/aromatic N) is 4. The number of benzene rings is 1. The van der Waals surface area contributed by atoms with Crippen LogP contribution in [0.25, 0.3) is 0 Å². The fourth-order valence-corrected chi connectivity index (χ4v) is 5.10. The zero-order valence-corrected chi connectivity index (χ0v) is 17.1. The lowest BCUT2D eigenvalue weighted by molar-refractivity contribution is -0.130. The second kappa shape index (κ2) is 8.41. The van der Waals surface area contributed by atoms with Crippen LogP contribution in [0.5, 0.6) is 0 Å². The number of rotatable bonds is 3. The van der Waals surface area contributed by atoms with Crippen molar-refractivity contribution in [3.63, 3.8) is 0 Å². The minimum absolute atomic E-state index is 0.170. The van der Waals surface area contributed by atoms with Gasteiger partial charge in [-0.15, -0.1) is 0 Å². The number of hydrogen-bond acceptors (Lipinski definition) is 3. The molecule has 0 atom stereocenters. The third kappa shape index (κ3) is 4.10. The van der Waals surface area contributed by atoms with E-state index in [1.807, 2.05) is 18.0 Å². The zero-order chi connectivity index (χ0) is 19.4. The Labute approximate surface area is 168 Å². The van der Waals surface area contributed by atoms with Gasteiger partial charge in [-0.1, -0.05) is 31.0 Å². The van der Waals surface area contributed by atoms with Crippen LogP contribution in [0.15, 0.2) is 35.3 Å². The molecule has 0 bridgehead atoms. The summed E-state index contributed by atoms with van der Waals surface area (Å²) in [5, 5.41) is 3.33. The number of para-hydroxylation sites is 1. The van der Waals surface area contributed by atoms with E-state index in [-0.39, 0.29) is 5.91 Å². The summed E-state index contributed by atoms with van der Waals surface area (Å²) in [6, 6.07) is 10.4. The molecule has 152 valence electrons. The molecule has 1 N–H and O–H groups in total. The molecule has 28 heavy (non-hydrogen) atoms. The number of hydrogen-bond donors (Lipinski definition) is 1. The van der Waals surface area contributed by atoms with E-state index in [0.29, 0.717) is 12.0 Å². The lowest BCUT2D eigenvalue weighted by Crippen LogP contribution is -2.52. The molecule has 2 saturated heterocycles. The first-order chi connectivity index (χ1) is 13.7. The third-order valence-electron chi connectivity index (χ3n) is 6.77. The summed E-state index contributed by atoms with van der Waals surface area (Å²) in [6.45, 7) is 5.82. The van der Waals surface area contributed by atoms with E-state index in [1.165, 1.54) is 37.8 Å². The Hall–Kier alpha value is -2.24. The van der Waals surface area contributed by atoms with Crippen molar-refractivity contribution in [3.05, 3.63) is 30.3 Å².